The van der Waals surface area contributed by atoms with Crippen LogP contribution in [-0.2, 0) is 10.3 Å². The summed E-state index contributed by atoms with van der Waals surface area (Å²) < 4.78 is 32.6. The molecule has 100 valence electrons. The van der Waals surface area contributed by atoms with E-state index in [1.165, 1.54) is 12.1 Å². The van der Waals surface area contributed by atoms with Crippen molar-refractivity contribution in [3.63, 3.8) is 0 Å². The number of hydrogen-bond donors (Lipinski definition) is 2. The third-order valence-corrected chi connectivity index (χ3v) is 3.70. The van der Waals surface area contributed by atoms with Crippen LogP contribution in [0.5, 0.6) is 0 Å². The van der Waals surface area contributed by atoms with Crippen molar-refractivity contribution in [1.82, 2.24) is 0 Å². The lowest BCUT2D eigenvalue weighted by Gasteiger charge is -2.31. The fourth-order valence-corrected chi connectivity index (χ4v) is 2.62. The van der Waals surface area contributed by atoms with Gasteiger partial charge >= 0.3 is 0 Å². The molecule has 0 saturated carbocycles. The number of rotatable bonds is 3. The summed E-state index contributed by atoms with van der Waals surface area (Å²) in [4.78, 5) is 0. The van der Waals surface area contributed by atoms with Crippen molar-refractivity contribution in [2.24, 2.45) is 11.7 Å². The molecule has 5 heteroatoms. The number of nitrogens with two attached hydrogens (primary N) is 1. The van der Waals surface area contributed by atoms with Gasteiger partial charge in [0, 0.05) is 11.5 Å². The van der Waals surface area contributed by atoms with Gasteiger partial charge < -0.3 is 15.6 Å². The van der Waals surface area contributed by atoms with E-state index in [2.05, 4.69) is 0 Å². The van der Waals surface area contributed by atoms with E-state index in [9.17, 15) is 13.9 Å². The smallest absolute Gasteiger partial charge is 0.163 e. The Labute approximate surface area is 105 Å². The summed E-state index contributed by atoms with van der Waals surface area (Å²) in [5.74, 6) is -2.33. The molecule has 0 aromatic heterocycles. The van der Waals surface area contributed by atoms with Crippen molar-refractivity contribution in [2.75, 3.05) is 13.2 Å². The lowest BCUT2D eigenvalue weighted by molar-refractivity contribution is 0.0693. The van der Waals surface area contributed by atoms with E-state index in [-0.39, 0.29) is 24.9 Å². The van der Waals surface area contributed by atoms with E-state index >= 15 is 0 Å². The first kappa shape index (κ1) is 13.4. The van der Waals surface area contributed by atoms with Crippen molar-refractivity contribution in [1.29, 1.82) is 0 Å². The summed E-state index contributed by atoms with van der Waals surface area (Å²) in [7, 11) is 0. The minimum Gasteiger partial charge on any atom is -0.396 e. The highest BCUT2D eigenvalue weighted by atomic mass is 19.2. The molecular formula is C13H17F2NO2. The molecule has 1 aromatic carbocycles. The molecule has 1 aliphatic rings. The first-order chi connectivity index (χ1) is 8.54. The Kier molecular flexibility index (Phi) is 3.66. The maximum Gasteiger partial charge on any atom is 0.163 e. The van der Waals surface area contributed by atoms with Crippen LogP contribution in [0, 0.1) is 17.6 Å². The van der Waals surface area contributed by atoms with E-state index in [1.807, 2.05) is 6.92 Å². The topological polar surface area (TPSA) is 55.5 Å². The molecule has 3 N–H and O–H groups in total. The van der Waals surface area contributed by atoms with Crippen molar-refractivity contribution >= 4 is 0 Å². The molecule has 0 unspecified atom stereocenters. The standard InChI is InChI=1S/C13H17F2NO2/c1-2-11-9(6-17)13(16,7-18-11)8-4-3-5-10(14)12(8)15/h3-5,9,11,17H,2,6-7,16H2,1H3/t9-,11-,13-/m0/s1. The van der Waals surface area contributed by atoms with Crippen LogP contribution >= 0.6 is 0 Å². The molecule has 1 heterocycles. The fraction of sp³-hybridized carbons (Fsp3) is 0.538. The number of aliphatic hydroxyl groups is 1. The van der Waals surface area contributed by atoms with Crippen LogP contribution in [0.25, 0.3) is 0 Å². The number of hydrogen-bond acceptors (Lipinski definition) is 3. The van der Waals surface area contributed by atoms with Gasteiger partial charge in [0.15, 0.2) is 11.6 Å². The first-order valence-corrected chi connectivity index (χ1v) is 6.00. The molecule has 3 atom stereocenters. The second kappa shape index (κ2) is 4.91. The van der Waals surface area contributed by atoms with Gasteiger partial charge in [-0.15, -0.1) is 0 Å². The molecule has 1 saturated heterocycles. The first-order valence-electron chi connectivity index (χ1n) is 6.00. The van der Waals surface area contributed by atoms with Crippen LogP contribution in [0.15, 0.2) is 18.2 Å². The number of aliphatic hydroxyl groups excluding tert-OH is 1. The van der Waals surface area contributed by atoms with Gasteiger partial charge in [0.1, 0.15) is 0 Å². The normalized spacial score (nSPS) is 31.8. The molecule has 0 bridgehead atoms. The maximum atomic E-state index is 13.8. The van der Waals surface area contributed by atoms with E-state index in [4.69, 9.17) is 10.5 Å². The third-order valence-electron chi connectivity index (χ3n) is 3.70. The lowest BCUT2D eigenvalue weighted by Crippen LogP contribution is -2.47. The van der Waals surface area contributed by atoms with E-state index in [0.717, 1.165) is 6.07 Å². The summed E-state index contributed by atoms with van der Waals surface area (Å²) in [6, 6.07) is 3.90. The predicted octanol–water partition coefficient (Wildman–Crippen LogP) is 1.54. The maximum absolute atomic E-state index is 13.8. The van der Waals surface area contributed by atoms with Crippen LogP contribution in [0.2, 0.25) is 0 Å². The van der Waals surface area contributed by atoms with Crippen LogP contribution in [0.4, 0.5) is 8.78 Å². The lowest BCUT2D eigenvalue weighted by atomic mass is 9.78. The fourth-order valence-electron chi connectivity index (χ4n) is 2.62. The number of halogens is 2. The Morgan fingerprint density at radius 2 is 2.22 bits per heavy atom. The predicted molar refractivity (Wildman–Crippen MR) is 62.8 cm³/mol. The molecule has 1 fully saturated rings. The molecular weight excluding hydrogens is 240 g/mol. The average Bonchev–Trinajstić information content (AvgIpc) is 2.70. The van der Waals surface area contributed by atoms with Gasteiger partial charge in [0.2, 0.25) is 0 Å². The van der Waals surface area contributed by atoms with E-state index in [1.54, 1.807) is 0 Å². The van der Waals surface area contributed by atoms with Gasteiger partial charge in [0.25, 0.3) is 0 Å². The van der Waals surface area contributed by atoms with Gasteiger partial charge in [-0.25, -0.2) is 8.78 Å². The van der Waals surface area contributed by atoms with Gasteiger partial charge in [0.05, 0.1) is 24.9 Å². The quantitative estimate of drug-likeness (QED) is 0.863. The number of ether oxygens (including phenoxy) is 1. The summed E-state index contributed by atoms with van der Waals surface area (Å²) in [6.07, 6.45) is 0.434. The second-order valence-corrected chi connectivity index (χ2v) is 4.69. The van der Waals surface area contributed by atoms with Crippen molar-refractivity contribution < 1.29 is 18.6 Å². The summed E-state index contributed by atoms with van der Waals surface area (Å²) >= 11 is 0. The Morgan fingerprint density at radius 3 is 2.83 bits per heavy atom. The van der Waals surface area contributed by atoms with Crippen LogP contribution in [0.3, 0.4) is 0 Å². The molecule has 2 rings (SSSR count). The van der Waals surface area contributed by atoms with Crippen molar-refractivity contribution in [3.05, 3.63) is 35.4 Å². The summed E-state index contributed by atoms with van der Waals surface area (Å²) in [5.41, 5.74) is 5.07. The molecule has 3 nitrogen and oxygen atoms in total. The zero-order chi connectivity index (χ0) is 13.3. The van der Waals surface area contributed by atoms with Crippen LogP contribution in [0.1, 0.15) is 18.9 Å². The minimum absolute atomic E-state index is 0.0671. The minimum atomic E-state index is -1.18. The highest BCUT2D eigenvalue weighted by molar-refractivity contribution is 5.29. The van der Waals surface area contributed by atoms with E-state index < -0.39 is 23.1 Å². The van der Waals surface area contributed by atoms with Crippen molar-refractivity contribution in [3.8, 4) is 0 Å². The largest absolute Gasteiger partial charge is 0.396 e. The average molecular weight is 257 g/mol. The molecule has 0 spiro atoms. The molecule has 1 aromatic rings. The van der Waals surface area contributed by atoms with E-state index in [0.29, 0.717) is 6.42 Å². The molecule has 0 aliphatic carbocycles. The van der Waals surface area contributed by atoms with Gasteiger partial charge in [-0.2, -0.15) is 0 Å². The Balaban J connectivity index is 2.45. The third kappa shape index (κ3) is 1.92. The number of benzene rings is 1. The van der Waals surface area contributed by atoms with Crippen molar-refractivity contribution in [2.45, 2.75) is 25.0 Å². The monoisotopic (exact) mass is 257 g/mol. The Hall–Kier alpha value is -1.04. The SMILES string of the molecule is CC[C@@H]1OC[C@](N)(c2cccc(F)c2F)[C@H]1CO. The zero-order valence-corrected chi connectivity index (χ0v) is 10.2. The zero-order valence-electron chi connectivity index (χ0n) is 10.2. The van der Waals surface area contributed by atoms with Crippen LogP contribution in [-0.4, -0.2) is 24.4 Å². The molecule has 0 radical (unpaired) electrons. The Morgan fingerprint density at radius 1 is 1.50 bits per heavy atom. The highest BCUT2D eigenvalue weighted by Gasteiger charge is 2.48. The Bertz CT molecular complexity index is 441. The molecule has 1 aliphatic heterocycles. The highest BCUT2D eigenvalue weighted by Crippen LogP contribution is 2.39. The van der Waals surface area contributed by atoms with Gasteiger partial charge in [-0.3, -0.25) is 0 Å². The molecule has 18 heavy (non-hydrogen) atoms. The van der Waals surface area contributed by atoms with Crippen LogP contribution < -0.4 is 5.73 Å². The second-order valence-electron chi connectivity index (χ2n) is 4.69. The van der Waals surface area contributed by atoms with Gasteiger partial charge in [-0.05, 0) is 12.5 Å². The van der Waals surface area contributed by atoms with Gasteiger partial charge in [-0.1, -0.05) is 19.1 Å². The summed E-state index contributed by atoms with van der Waals surface area (Å²) in [5, 5.41) is 9.45. The molecule has 0 amide bonds. The summed E-state index contributed by atoms with van der Waals surface area (Å²) in [6.45, 7) is 1.77.